The van der Waals surface area contributed by atoms with Gasteiger partial charge in [-0.1, -0.05) is 23.7 Å². The SMILES string of the molecule is CCN(c1cc(Cl)cc(C(=O)O)c1C)[C@H]1CC[C@H](N(C)Cc2ccc(OC)cc2)CC1. The third-order valence-corrected chi connectivity index (χ3v) is 6.77. The van der Waals surface area contributed by atoms with Gasteiger partial charge in [-0.3, -0.25) is 4.90 Å². The fourth-order valence-corrected chi connectivity index (χ4v) is 4.98. The zero-order chi connectivity index (χ0) is 22.5. The summed E-state index contributed by atoms with van der Waals surface area (Å²) in [7, 11) is 3.89. The summed E-state index contributed by atoms with van der Waals surface area (Å²) in [4.78, 5) is 16.4. The zero-order valence-corrected chi connectivity index (χ0v) is 19.7. The van der Waals surface area contributed by atoms with Gasteiger partial charge in [-0.2, -0.15) is 0 Å². The molecule has 1 fully saturated rings. The van der Waals surface area contributed by atoms with Crippen LogP contribution in [0, 0.1) is 6.92 Å². The second-order valence-corrected chi connectivity index (χ2v) is 8.85. The van der Waals surface area contributed by atoms with Crippen molar-refractivity contribution in [2.24, 2.45) is 0 Å². The molecule has 3 rings (SSSR count). The molecule has 0 spiro atoms. The molecule has 0 saturated heterocycles. The molecule has 6 heteroatoms. The Morgan fingerprint density at radius 2 is 1.74 bits per heavy atom. The normalized spacial score (nSPS) is 18.8. The van der Waals surface area contributed by atoms with Gasteiger partial charge in [0.25, 0.3) is 0 Å². The second-order valence-electron chi connectivity index (χ2n) is 8.41. The van der Waals surface area contributed by atoms with Gasteiger partial charge >= 0.3 is 5.97 Å². The van der Waals surface area contributed by atoms with Crippen molar-refractivity contribution < 1.29 is 14.6 Å². The lowest BCUT2D eigenvalue weighted by Gasteiger charge is -2.41. The van der Waals surface area contributed by atoms with Crippen molar-refractivity contribution in [2.45, 2.75) is 58.2 Å². The van der Waals surface area contributed by atoms with Crippen LogP contribution in [-0.2, 0) is 6.54 Å². The lowest BCUT2D eigenvalue weighted by molar-refractivity contribution is 0.0696. The minimum absolute atomic E-state index is 0.286. The average molecular weight is 445 g/mol. The molecule has 0 atom stereocenters. The van der Waals surface area contributed by atoms with E-state index in [0.29, 0.717) is 17.1 Å². The molecule has 1 N–H and O–H groups in total. The van der Waals surface area contributed by atoms with E-state index < -0.39 is 5.97 Å². The summed E-state index contributed by atoms with van der Waals surface area (Å²) in [5.41, 5.74) is 3.31. The van der Waals surface area contributed by atoms with Crippen LogP contribution >= 0.6 is 11.6 Å². The molecular formula is C25H33ClN2O3. The Bertz CT molecular complexity index is 892. The van der Waals surface area contributed by atoms with E-state index in [9.17, 15) is 9.90 Å². The maximum Gasteiger partial charge on any atom is 0.336 e. The van der Waals surface area contributed by atoms with Crippen molar-refractivity contribution in [2.75, 3.05) is 25.6 Å². The summed E-state index contributed by atoms with van der Waals surface area (Å²) in [5, 5.41) is 10.0. The molecule has 0 aromatic heterocycles. The lowest BCUT2D eigenvalue weighted by atomic mass is 9.88. The van der Waals surface area contributed by atoms with Gasteiger partial charge in [-0.15, -0.1) is 0 Å². The minimum Gasteiger partial charge on any atom is -0.497 e. The molecule has 2 aromatic carbocycles. The Morgan fingerprint density at radius 1 is 1.13 bits per heavy atom. The highest BCUT2D eigenvalue weighted by molar-refractivity contribution is 6.31. The first-order valence-electron chi connectivity index (χ1n) is 11.0. The van der Waals surface area contributed by atoms with Gasteiger partial charge in [0, 0.05) is 35.9 Å². The summed E-state index contributed by atoms with van der Waals surface area (Å²) in [6, 6.07) is 12.7. The quantitative estimate of drug-likeness (QED) is 0.572. The maximum absolute atomic E-state index is 11.6. The van der Waals surface area contributed by atoms with Gasteiger partial charge in [-0.25, -0.2) is 4.79 Å². The Labute approximate surface area is 190 Å². The van der Waals surface area contributed by atoms with Gasteiger partial charge in [0.15, 0.2) is 0 Å². The summed E-state index contributed by atoms with van der Waals surface area (Å²) < 4.78 is 5.25. The van der Waals surface area contributed by atoms with E-state index in [2.05, 4.69) is 35.9 Å². The Hall–Kier alpha value is -2.24. The molecule has 5 nitrogen and oxygen atoms in total. The van der Waals surface area contributed by atoms with Crippen LogP contribution < -0.4 is 9.64 Å². The molecule has 0 aliphatic heterocycles. The van der Waals surface area contributed by atoms with Gasteiger partial charge < -0.3 is 14.7 Å². The first-order valence-corrected chi connectivity index (χ1v) is 11.3. The van der Waals surface area contributed by atoms with Crippen molar-refractivity contribution in [3.8, 4) is 5.75 Å². The van der Waals surface area contributed by atoms with Crippen LogP contribution in [0.3, 0.4) is 0 Å². The standard InChI is InChI=1S/C25H33ClN2O3/c1-5-28(24-15-19(26)14-23(17(24)2)25(29)30)21-10-8-20(9-11-21)27(3)16-18-6-12-22(31-4)13-7-18/h6-7,12-15,20-21H,5,8-11,16H2,1-4H3,(H,29,30)/t20-,21-. The number of carboxylic acids is 1. The third kappa shape index (κ3) is 5.52. The topological polar surface area (TPSA) is 53.0 Å². The average Bonchev–Trinajstić information content (AvgIpc) is 2.77. The maximum atomic E-state index is 11.6. The lowest BCUT2D eigenvalue weighted by Crippen LogP contribution is -2.43. The zero-order valence-electron chi connectivity index (χ0n) is 18.9. The molecule has 0 bridgehead atoms. The Morgan fingerprint density at radius 3 is 2.29 bits per heavy atom. The van der Waals surface area contributed by atoms with Crippen molar-refractivity contribution in [1.82, 2.24) is 4.90 Å². The Kier molecular flexibility index (Phi) is 7.84. The third-order valence-electron chi connectivity index (χ3n) is 6.55. The van der Waals surface area contributed by atoms with Crippen molar-refractivity contribution in [1.29, 1.82) is 0 Å². The number of rotatable bonds is 8. The van der Waals surface area contributed by atoms with Crippen LogP contribution in [0.1, 0.15) is 54.1 Å². The Balaban J connectivity index is 1.65. The van der Waals surface area contributed by atoms with E-state index in [-0.39, 0.29) is 5.56 Å². The number of benzene rings is 2. The van der Waals surface area contributed by atoms with Crippen LogP contribution in [-0.4, -0.2) is 48.8 Å². The minimum atomic E-state index is -0.929. The van der Waals surface area contributed by atoms with Crippen molar-refractivity contribution >= 4 is 23.3 Å². The van der Waals surface area contributed by atoms with Gasteiger partial charge in [-0.05, 0) is 82.0 Å². The van der Waals surface area contributed by atoms with E-state index in [0.717, 1.165) is 55.8 Å². The van der Waals surface area contributed by atoms with Crippen molar-refractivity contribution in [3.05, 3.63) is 58.1 Å². The van der Waals surface area contributed by atoms with Crippen LogP contribution in [0.2, 0.25) is 5.02 Å². The highest BCUT2D eigenvalue weighted by atomic mass is 35.5. The molecule has 31 heavy (non-hydrogen) atoms. The van der Waals surface area contributed by atoms with Crippen LogP contribution in [0.4, 0.5) is 5.69 Å². The molecule has 0 unspecified atom stereocenters. The molecule has 1 aliphatic carbocycles. The fraction of sp³-hybridized carbons (Fsp3) is 0.480. The predicted octanol–water partition coefficient (Wildman–Crippen LogP) is 5.62. The highest BCUT2D eigenvalue weighted by Gasteiger charge is 2.29. The van der Waals surface area contributed by atoms with Crippen molar-refractivity contribution in [3.63, 3.8) is 0 Å². The number of hydrogen-bond acceptors (Lipinski definition) is 4. The summed E-state index contributed by atoms with van der Waals surface area (Å²) in [6.45, 7) is 5.76. The van der Waals surface area contributed by atoms with E-state index in [1.807, 2.05) is 25.1 Å². The number of halogens is 1. The predicted molar refractivity (Wildman–Crippen MR) is 127 cm³/mol. The highest BCUT2D eigenvalue weighted by Crippen LogP contribution is 2.34. The molecule has 1 aliphatic rings. The second kappa shape index (κ2) is 10.4. The number of hydrogen-bond donors (Lipinski definition) is 1. The summed E-state index contributed by atoms with van der Waals surface area (Å²) in [6.07, 6.45) is 4.41. The van der Waals surface area contributed by atoms with Crippen LogP contribution in [0.5, 0.6) is 5.75 Å². The molecule has 0 radical (unpaired) electrons. The van der Waals surface area contributed by atoms with Gasteiger partial charge in [0.2, 0.25) is 0 Å². The molecule has 168 valence electrons. The smallest absolute Gasteiger partial charge is 0.336 e. The molecule has 2 aromatic rings. The number of methoxy groups -OCH3 is 1. The van der Waals surface area contributed by atoms with E-state index in [1.165, 1.54) is 5.56 Å². The van der Waals surface area contributed by atoms with E-state index in [4.69, 9.17) is 16.3 Å². The van der Waals surface area contributed by atoms with Gasteiger partial charge in [0.1, 0.15) is 5.75 Å². The molecular weight excluding hydrogens is 412 g/mol. The number of aromatic carboxylic acids is 1. The number of carbonyl (C=O) groups is 1. The molecule has 1 saturated carbocycles. The van der Waals surface area contributed by atoms with Crippen LogP contribution in [0.15, 0.2) is 36.4 Å². The summed E-state index contributed by atoms with van der Waals surface area (Å²) >= 11 is 6.26. The van der Waals surface area contributed by atoms with E-state index in [1.54, 1.807) is 13.2 Å². The first-order chi connectivity index (χ1) is 14.8. The summed E-state index contributed by atoms with van der Waals surface area (Å²) in [5.74, 6) is -0.0462. The van der Waals surface area contributed by atoms with Crippen LogP contribution in [0.25, 0.3) is 0 Å². The number of ether oxygens (including phenoxy) is 1. The first kappa shape index (κ1) is 23.4. The molecule has 0 heterocycles. The molecule has 0 amide bonds. The van der Waals surface area contributed by atoms with Gasteiger partial charge in [0.05, 0.1) is 12.7 Å². The monoisotopic (exact) mass is 444 g/mol. The fourth-order valence-electron chi connectivity index (χ4n) is 4.77. The number of nitrogens with zero attached hydrogens (tertiary/aromatic N) is 2. The van der Waals surface area contributed by atoms with E-state index >= 15 is 0 Å². The largest absolute Gasteiger partial charge is 0.497 e. The number of carboxylic acid groups (broad SMARTS) is 1. The number of anilines is 1.